The third kappa shape index (κ3) is 4.20. The maximum Gasteiger partial charge on any atom is 0.227 e. The van der Waals surface area contributed by atoms with Crippen molar-refractivity contribution in [3.8, 4) is 0 Å². The molecule has 0 amide bonds. The van der Waals surface area contributed by atoms with Crippen LogP contribution < -0.4 is 14.7 Å². The molecule has 0 aromatic carbocycles. The highest BCUT2D eigenvalue weighted by Gasteiger charge is 2.21. The molecule has 2 aromatic heterocycles. The van der Waals surface area contributed by atoms with E-state index in [-0.39, 0.29) is 6.61 Å². The molecule has 0 aliphatic carbocycles. The smallest absolute Gasteiger partial charge is 0.227 e. The van der Waals surface area contributed by atoms with Gasteiger partial charge in [-0.15, -0.1) is 0 Å². The minimum Gasteiger partial charge on any atom is -0.394 e. The molecule has 0 radical (unpaired) electrons. The third-order valence-electron chi connectivity index (χ3n) is 4.56. The first-order valence-corrected chi connectivity index (χ1v) is 8.83. The molecule has 1 atom stereocenters. The van der Waals surface area contributed by atoms with Gasteiger partial charge in [0, 0.05) is 52.2 Å². The molecule has 0 spiro atoms. The minimum atomic E-state index is -0.788. The molecule has 26 heavy (non-hydrogen) atoms. The number of pyridine rings is 1. The van der Waals surface area contributed by atoms with Crippen LogP contribution in [-0.2, 0) is 0 Å². The van der Waals surface area contributed by atoms with Crippen molar-refractivity contribution in [2.24, 2.45) is 0 Å². The minimum absolute atomic E-state index is 0.267. The Bertz CT molecular complexity index is 720. The first kappa shape index (κ1) is 18.3. The third-order valence-corrected chi connectivity index (χ3v) is 4.56. The van der Waals surface area contributed by atoms with E-state index in [0.29, 0.717) is 12.5 Å². The van der Waals surface area contributed by atoms with Gasteiger partial charge in [0.25, 0.3) is 0 Å². The fraction of sp³-hybridized carbons (Fsp3) is 0.500. The van der Waals surface area contributed by atoms with Gasteiger partial charge >= 0.3 is 0 Å². The maximum absolute atomic E-state index is 9.61. The second kappa shape index (κ2) is 8.29. The molecule has 2 N–H and O–H groups in total. The van der Waals surface area contributed by atoms with Crippen molar-refractivity contribution >= 4 is 17.6 Å². The van der Waals surface area contributed by atoms with Crippen molar-refractivity contribution in [1.29, 1.82) is 0 Å². The molecule has 1 saturated heterocycles. The number of piperazine rings is 1. The fourth-order valence-electron chi connectivity index (χ4n) is 3.10. The van der Waals surface area contributed by atoms with E-state index >= 15 is 0 Å². The number of aliphatic hydroxyl groups is 2. The number of likely N-dealkylation sites (N-methyl/N-ethyl adjacent to an activating group) is 1. The molecule has 0 bridgehead atoms. The number of nitrogens with zero attached hydrogens (tertiary/aromatic N) is 6. The monoisotopic (exact) mass is 358 g/mol. The largest absolute Gasteiger partial charge is 0.394 e. The summed E-state index contributed by atoms with van der Waals surface area (Å²) in [5.74, 6) is 2.45. The molecule has 1 aliphatic rings. The number of aliphatic hydroxyl groups excluding tert-OH is 2. The van der Waals surface area contributed by atoms with Crippen molar-refractivity contribution in [1.82, 2.24) is 15.0 Å². The zero-order valence-electron chi connectivity index (χ0n) is 15.3. The fourth-order valence-corrected chi connectivity index (χ4v) is 3.10. The summed E-state index contributed by atoms with van der Waals surface area (Å²) in [6, 6.07) is 5.84. The van der Waals surface area contributed by atoms with E-state index in [4.69, 9.17) is 5.11 Å². The predicted octanol–water partition coefficient (Wildman–Crippen LogP) is 0.296. The zero-order chi connectivity index (χ0) is 18.5. The zero-order valence-corrected chi connectivity index (χ0v) is 15.3. The number of anilines is 3. The highest BCUT2D eigenvalue weighted by Crippen LogP contribution is 2.20. The lowest BCUT2D eigenvalue weighted by Crippen LogP contribution is -2.47. The average Bonchev–Trinajstić information content (AvgIpc) is 2.68. The van der Waals surface area contributed by atoms with Crippen LogP contribution >= 0.6 is 0 Å². The van der Waals surface area contributed by atoms with Crippen molar-refractivity contribution in [3.63, 3.8) is 0 Å². The SMILES string of the molecule is Cc1cccnc1N1CCN(c2nccc(N(C)CC(O)CO)n2)CC1. The Balaban J connectivity index is 1.64. The van der Waals surface area contributed by atoms with Gasteiger partial charge in [-0.3, -0.25) is 0 Å². The summed E-state index contributed by atoms with van der Waals surface area (Å²) in [6.45, 7) is 5.51. The van der Waals surface area contributed by atoms with E-state index in [1.54, 1.807) is 12.3 Å². The second-order valence-electron chi connectivity index (χ2n) is 6.55. The van der Waals surface area contributed by atoms with Crippen LogP contribution in [0, 0.1) is 6.92 Å². The van der Waals surface area contributed by atoms with Gasteiger partial charge < -0.3 is 24.9 Å². The summed E-state index contributed by atoms with van der Waals surface area (Å²) in [5, 5.41) is 18.6. The Kier molecular flexibility index (Phi) is 5.85. The van der Waals surface area contributed by atoms with E-state index in [9.17, 15) is 5.11 Å². The van der Waals surface area contributed by atoms with Gasteiger partial charge in [0.2, 0.25) is 5.95 Å². The Morgan fingerprint density at radius 3 is 2.54 bits per heavy atom. The quantitative estimate of drug-likeness (QED) is 0.762. The van der Waals surface area contributed by atoms with Gasteiger partial charge in [0.1, 0.15) is 11.6 Å². The van der Waals surface area contributed by atoms with Crippen LogP contribution in [0.3, 0.4) is 0 Å². The lowest BCUT2D eigenvalue weighted by molar-refractivity contribution is 0.101. The Labute approximate surface area is 153 Å². The van der Waals surface area contributed by atoms with Crippen LogP contribution in [0.2, 0.25) is 0 Å². The van der Waals surface area contributed by atoms with Gasteiger partial charge in [0.05, 0.1) is 12.7 Å². The summed E-state index contributed by atoms with van der Waals surface area (Å²) in [5.41, 5.74) is 1.18. The number of rotatable bonds is 6. The van der Waals surface area contributed by atoms with E-state index < -0.39 is 6.10 Å². The van der Waals surface area contributed by atoms with Gasteiger partial charge in [-0.05, 0) is 24.6 Å². The van der Waals surface area contributed by atoms with Crippen LogP contribution in [-0.4, -0.2) is 77.6 Å². The van der Waals surface area contributed by atoms with Gasteiger partial charge in [-0.25, -0.2) is 9.97 Å². The first-order valence-electron chi connectivity index (χ1n) is 8.83. The van der Waals surface area contributed by atoms with Crippen molar-refractivity contribution in [2.75, 3.05) is 61.1 Å². The van der Waals surface area contributed by atoms with Crippen LogP contribution in [0.5, 0.6) is 0 Å². The summed E-state index contributed by atoms with van der Waals surface area (Å²) in [4.78, 5) is 19.8. The highest BCUT2D eigenvalue weighted by atomic mass is 16.3. The van der Waals surface area contributed by atoms with Crippen molar-refractivity contribution in [3.05, 3.63) is 36.2 Å². The summed E-state index contributed by atoms with van der Waals surface area (Å²) < 4.78 is 0. The van der Waals surface area contributed by atoms with Crippen LogP contribution in [0.15, 0.2) is 30.6 Å². The Morgan fingerprint density at radius 1 is 1.12 bits per heavy atom. The van der Waals surface area contributed by atoms with E-state index in [2.05, 4.69) is 37.7 Å². The molecule has 1 aliphatic heterocycles. The molecule has 3 rings (SSSR count). The second-order valence-corrected chi connectivity index (χ2v) is 6.55. The molecule has 0 saturated carbocycles. The lowest BCUT2D eigenvalue weighted by atomic mass is 10.2. The standard InChI is InChI=1S/C18H26N6O2/c1-14-4-3-6-19-17(14)23-8-10-24(11-9-23)18-20-7-5-16(21-18)22(2)12-15(26)13-25/h3-7,15,25-26H,8-13H2,1-2H3. The molecular formula is C18H26N6O2. The molecular weight excluding hydrogens is 332 g/mol. The average molecular weight is 358 g/mol. The molecule has 2 aromatic rings. The summed E-state index contributed by atoms with van der Waals surface area (Å²) >= 11 is 0. The first-order chi connectivity index (χ1) is 12.6. The number of aryl methyl sites for hydroxylation is 1. The maximum atomic E-state index is 9.61. The van der Waals surface area contributed by atoms with E-state index in [1.165, 1.54) is 5.56 Å². The van der Waals surface area contributed by atoms with Crippen LogP contribution in [0.1, 0.15) is 5.56 Å². The van der Waals surface area contributed by atoms with E-state index in [0.717, 1.165) is 37.8 Å². The normalized spacial score (nSPS) is 15.8. The molecule has 140 valence electrons. The van der Waals surface area contributed by atoms with E-state index in [1.807, 2.05) is 24.2 Å². The topological polar surface area (TPSA) is 88.9 Å². The Hall–Kier alpha value is -2.45. The molecule has 3 heterocycles. The van der Waals surface area contributed by atoms with Gasteiger partial charge in [-0.1, -0.05) is 6.07 Å². The van der Waals surface area contributed by atoms with Gasteiger partial charge in [-0.2, -0.15) is 4.98 Å². The highest BCUT2D eigenvalue weighted by molar-refractivity contribution is 5.49. The Morgan fingerprint density at radius 2 is 1.85 bits per heavy atom. The number of hydrogen-bond donors (Lipinski definition) is 2. The molecule has 8 nitrogen and oxygen atoms in total. The number of aromatic nitrogens is 3. The summed E-state index contributed by atoms with van der Waals surface area (Å²) in [7, 11) is 1.84. The van der Waals surface area contributed by atoms with Crippen molar-refractivity contribution in [2.45, 2.75) is 13.0 Å². The predicted molar refractivity (Wildman–Crippen MR) is 102 cm³/mol. The summed E-state index contributed by atoms with van der Waals surface area (Å²) in [6.07, 6.45) is 2.77. The molecule has 1 unspecified atom stereocenters. The molecule has 8 heteroatoms. The van der Waals surface area contributed by atoms with Crippen LogP contribution in [0.4, 0.5) is 17.6 Å². The van der Waals surface area contributed by atoms with Crippen LogP contribution in [0.25, 0.3) is 0 Å². The number of hydrogen-bond acceptors (Lipinski definition) is 8. The van der Waals surface area contributed by atoms with Gasteiger partial charge in [0.15, 0.2) is 0 Å². The van der Waals surface area contributed by atoms with Crippen molar-refractivity contribution < 1.29 is 10.2 Å². The molecule has 1 fully saturated rings. The lowest BCUT2D eigenvalue weighted by Gasteiger charge is -2.36.